The van der Waals surface area contributed by atoms with Gasteiger partial charge in [0.05, 0.1) is 18.0 Å². The fourth-order valence-corrected chi connectivity index (χ4v) is 2.83. The van der Waals surface area contributed by atoms with Crippen LogP contribution in [0.25, 0.3) is 0 Å². The molecule has 0 spiro atoms. The second-order valence-electron chi connectivity index (χ2n) is 5.10. The van der Waals surface area contributed by atoms with Crippen molar-refractivity contribution in [3.8, 4) is 5.75 Å². The summed E-state index contributed by atoms with van der Waals surface area (Å²) in [6, 6.07) is 7.15. The van der Waals surface area contributed by atoms with Crippen molar-refractivity contribution in [3.63, 3.8) is 0 Å². The lowest BCUT2D eigenvalue weighted by molar-refractivity contribution is -0.384. The molecule has 0 fully saturated rings. The third kappa shape index (κ3) is 4.85. The molecular formula is C15H14F3N3O4S. The Hall–Kier alpha value is -2.82. The highest BCUT2D eigenvalue weighted by Crippen LogP contribution is 2.31. The van der Waals surface area contributed by atoms with E-state index in [1.807, 2.05) is 0 Å². The number of amides is 1. The Bertz CT molecular complexity index is 781. The van der Waals surface area contributed by atoms with Crippen molar-refractivity contribution in [1.82, 2.24) is 4.90 Å². The summed E-state index contributed by atoms with van der Waals surface area (Å²) in [5.41, 5.74) is 5.01. The highest BCUT2D eigenvalue weighted by Gasteiger charge is 2.42. The third-order valence-corrected chi connectivity index (χ3v) is 4.18. The summed E-state index contributed by atoms with van der Waals surface area (Å²) in [5.74, 6) is -2.02. The minimum atomic E-state index is -5.01. The van der Waals surface area contributed by atoms with Crippen LogP contribution in [0.4, 0.5) is 24.5 Å². The van der Waals surface area contributed by atoms with E-state index in [0.29, 0.717) is 9.78 Å². The molecule has 140 valence electrons. The molecule has 1 amide bonds. The van der Waals surface area contributed by atoms with Crippen molar-refractivity contribution < 1.29 is 27.6 Å². The van der Waals surface area contributed by atoms with Crippen LogP contribution in [-0.4, -0.2) is 35.1 Å². The average molecular weight is 389 g/mol. The Balaban J connectivity index is 2.06. The van der Waals surface area contributed by atoms with Crippen LogP contribution in [0.5, 0.6) is 5.75 Å². The Kier molecular flexibility index (Phi) is 6.03. The fourth-order valence-electron chi connectivity index (χ4n) is 2.11. The first-order valence-electron chi connectivity index (χ1n) is 7.24. The SMILES string of the molecule is Nc1c(OCCN(Cc2cccs2)C(=O)C(F)(F)F)cccc1[N+](=O)[O-]. The van der Waals surface area contributed by atoms with Crippen molar-refractivity contribution in [2.24, 2.45) is 0 Å². The van der Waals surface area contributed by atoms with Gasteiger partial charge in [0.25, 0.3) is 5.69 Å². The van der Waals surface area contributed by atoms with E-state index in [2.05, 4.69) is 0 Å². The summed E-state index contributed by atoms with van der Waals surface area (Å²) in [5, 5.41) is 12.5. The first kappa shape index (κ1) is 19.5. The van der Waals surface area contributed by atoms with Crippen molar-refractivity contribution in [2.45, 2.75) is 12.7 Å². The van der Waals surface area contributed by atoms with Crippen LogP contribution in [0.15, 0.2) is 35.7 Å². The molecule has 1 aromatic heterocycles. The van der Waals surface area contributed by atoms with E-state index in [1.54, 1.807) is 17.5 Å². The number of nitrogens with zero attached hydrogens (tertiary/aromatic N) is 2. The number of alkyl halides is 3. The van der Waals surface area contributed by atoms with Gasteiger partial charge >= 0.3 is 12.1 Å². The Morgan fingerprint density at radius 2 is 2.04 bits per heavy atom. The van der Waals surface area contributed by atoms with Gasteiger partial charge in [-0.1, -0.05) is 12.1 Å². The van der Waals surface area contributed by atoms with Gasteiger partial charge < -0.3 is 15.4 Å². The molecule has 0 aliphatic heterocycles. The predicted molar refractivity (Wildman–Crippen MR) is 88.8 cm³/mol. The largest absolute Gasteiger partial charge is 0.489 e. The number of nitro benzene ring substituents is 1. The van der Waals surface area contributed by atoms with E-state index in [4.69, 9.17) is 10.5 Å². The van der Waals surface area contributed by atoms with Crippen molar-refractivity contribution >= 4 is 28.6 Å². The standard InChI is InChI=1S/C15H14F3N3O4S/c16-15(17,18)14(22)20(9-10-3-2-8-26-10)6-7-25-12-5-1-4-11(13(12)19)21(23)24/h1-5,8H,6-7,9,19H2. The number of carbonyl (C=O) groups excluding carboxylic acids is 1. The van der Waals surface area contributed by atoms with Crippen LogP contribution in [-0.2, 0) is 11.3 Å². The number of nitro groups is 1. The Morgan fingerprint density at radius 1 is 1.31 bits per heavy atom. The number of nitrogens with two attached hydrogens (primary N) is 1. The molecule has 11 heteroatoms. The number of ether oxygens (including phenoxy) is 1. The van der Waals surface area contributed by atoms with E-state index in [-0.39, 0.29) is 36.8 Å². The lowest BCUT2D eigenvalue weighted by Gasteiger charge is -2.23. The van der Waals surface area contributed by atoms with Crippen molar-refractivity contribution in [2.75, 3.05) is 18.9 Å². The molecule has 0 unspecified atom stereocenters. The second-order valence-corrected chi connectivity index (χ2v) is 6.13. The molecule has 0 aliphatic rings. The number of hydrogen-bond donors (Lipinski definition) is 1. The predicted octanol–water partition coefficient (Wildman–Crippen LogP) is 3.21. The molecule has 2 rings (SSSR count). The van der Waals surface area contributed by atoms with E-state index < -0.39 is 17.0 Å². The van der Waals surface area contributed by atoms with E-state index in [1.165, 1.54) is 29.5 Å². The topological polar surface area (TPSA) is 98.7 Å². The number of para-hydroxylation sites is 1. The highest BCUT2D eigenvalue weighted by atomic mass is 32.1. The molecular weight excluding hydrogens is 375 g/mol. The first-order valence-corrected chi connectivity index (χ1v) is 8.12. The molecule has 1 aromatic carbocycles. The number of hydrogen-bond acceptors (Lipinski definition) is 6. The second kappa shape index (κ2) is 8.04. The third-order valence-electron chi connectivity index (χ3n) is 3.32. The van der Waals surface area contributed by atoms with Crippen LogP contribution in [0, 0.1) is 10.1 Å². The number of carbonyl (C=O) groups is 1. The number of halogens is 3. The fraction of sp³-hybridized carbons (Fsp3) is 0.267. The molecule has 2 aromatic rings. The number of anilines is 1. The zero-order chi connectivity index (χ0) is 19.3. The maximum atomic E-state index is 12.8. The average Bonchev–Trinajstić information content (AvgIpc) is 3.06. The quantitative estimate of drug-likeness (QED) is 0.445. The summed E-state index contributed by atoms with van der Waals surface area (Å²) < 4.78 is 43.5. The van der Waals surface area contributed by atoms with Gasteiger partial charge in [0.15, 0.2) is 5.69 Å². The number of benzene rings is 1. The molecule has 0 bridgehead atoms. The summed E-state index contributed by atoms with van der Waals surface area (Å²) in [4.78, 5) is 22.9. The highest BCUT2D eigenvalue weighted by molar-refractivity contribution is 7.09. The summed E-state index contributed by atoms with van der Waals surface area (Å²) >= 11 is 1.22. The summed E-state index contributed by atoms with van der Waals surface area (Å²) in [6.07, 6.45) is -5.01. The molecule has 0 atom stereocenters. The van der Waals surface area contributed by atoms with Gasteiger partial charge in [0.1, 0.15) is 12.4 Å². The van der Waals surface area contributed by atoms with Gasteiger partial charge in [-0.25, -0.2) is 0 Å². The first-order chi connectivity index (χ1) is 12.2. The van der Waals surface area contributed by atoms with E-state index in [9.17, 15) is 28.1 Å². The molecule has 0 saturated carbocycles. The zero-order valence-corrected chi connectivity index (χ0v) is 14.0. The number of rotatable bonds is 7. The molecule has 26 heavy (non-hydrogen) atoms. The molecule has 1 heterocycles. The van der Waals surface area contributed by atoms with Crippen molar-refractivity contribution in [3.05, 3.63) is 50.7 Å². The molecule has 2 N–H and O–H groups in total. The van der Waals surface area contributed by atoms with Crippen LogP contribution >= 0.6 is 11.3 Å². The molecule has 0 radical (unpaired) electrons. The summed E-state index contributed by atoms with van der Waals surface area (Å²) in [7, 11) is 0. The maximum absolute atomic E-state index is 12.8. The molecule has 0 aliphatic carbocycles. The van der Waals surface area contributed by atoms with Gasteiger partial charge in [0.2, 0.25) is 0 Å². The Morgan fingerprint density at radius 3 is 2.62 bits per heavy atom. The van der Waals surface area contributed by atoms with Crippen LogP contribution in [0.2, 0.25) is 0 Å². The lowest BCUT2D eigenvalue weighted by Crippen LogP contribution is -2.42. The Labute approximate surface area is 149 Å². The maximum Gasteiger partial charge on any atom is 0.471 e. The number of nitrogen functional groups attached to an aromatic ring is 1. The monoisotopic (exact) mass is 389 g/mol. The lowest BCUT2D eigenvalue weighted by atomic mass is 10.2. The van der Waals surface area contributed by atoms with Crippen LogP contribution in [0.3, 0.4) is 0 Å². The minimum absolute atomic E-state index is 0.0327. The van der Waals surface area contributed by atoms with Gasteiger partial charge in [-0.05, 0) is 17.5 Å². The molecule has 0 saturated heterocycles. The number of thiophene rings is 1. The van der Waals surface area contributed by atoms with Crippen molar-refractivity contribution in [1.29, 1.82) is 0 Å². The van der Waals surface area contributed by atoms with Gasteiger partial charge in [-0.3, -0.25) is 14.9 Å². The van der Waals surface area contributed by atoms with Gasteiger partial charge in [-0.2, -0.15) is 13.2 Å². The van der Waals surface area contributed by atoms with Crippen LogP contribution in [0.1, 0.15) is 4.88 Å². The smallest absolute Gasteiger partial charge is 0.471 e. The van der Waals surface area contributed by atoms with Crippen LogP contribution < -0.4 is 10.5 Å². The molecule has 7 nitrogen and oxygen atoms in total. The van der Waals surface area contributed by atoms with E-state index in [0.717, 1.165) is 0 Å². The summed E-state index contributed by atoms with van der Waals surface area (Å²) in [6.45, 7) is -0.888. The van der Waals surface area contributed by atoms with Gasteiger partial charge in [0, 0.05) is 10.9 Å². The normalized spacial score (nSPS) is 11.2. The van der Waals surface area contributed by atoms with E-state index >= 15 is 0 Å². The zero-order valence-electron chi connectivity index (χ0n) is 13.2. The minimum Gasteiger partial charge on any atom is -0.489 e. The van der Waals surface area contributed by atoms with Gasteiger partial charge in [-0.15, -0.1) is 11.3 Å².